The molecule has 1 saturated heterocycles. The molecule has 2 rings (SSSR count). The molecule has 1 aromatic rings. The van der Waals surface area contributed by atoms with Crippen LogP contribution in [0.5, 0.6) is 5.75 Å². The van der Waals surface area contributed by atoms with E-state index in [2.05, 4.69) is 18.7 Å². The molecule has 0 aliphatic carbocycles. The Morgan fingerprint density at radius 1 is 1.18 bits per heavy atom. The van der Waals surface area contributed by atoms with Gasteiger partial charge in [0.05, 0.1) is 13.2 Å². The molecule has 0 saturated carbocycles. The van der Waals surface area contributed by atoms with E-state index in [0.717, 1.165) is 31.9 Å². The minimum absolute atomic E-state index is 0.278. The highest BCUT2D eigenvalue weighted by atomic mass is 16.5. The molecule has 1 fully saturated rings. The van der Waals surface area contributed by atoms with Crippen LogP contribution in [-0.2, 0) is 4.74 Å². The predicted octanol–water partition coefficient (Wildman–Crippen LogP) is 2.42. The number of para-hydroxylation sites is 1. The Balaban J connectivity index is 2.25. The second-order valence-corrected chi connectivity index (χ2v) is 4.90. The third-order valence-corrected chi connectivity index (χ3v) is 3.33. The van der Waals surface area contributed by atoms with Gasteiger partial charge in [-0.15, -0.1) is 0 Å². The van der Waals surface area contributed by atoms with Crippen LogP contribution < -0.4 is 0 Å². The van der Waals surface area contributed by atoms with E-state index < -0.39 is 0 Å². The fourth-order valence-electron chi connectivity index (χ4n) is 2.57. The van der Waals surface area contributed by atoms with Crippen molar-refractivity contribution in [3.05, 3.63) is 29.8 Å². The number of nitrogens with zero attached hydrogens (tertiary/aromatic N) is 1. The zero-order valence-corrected chi connectivity index (χ0v) is 10.6. The van der Waals surface area contributed by atoms with Crippen molar-refractivity contribution in [2.24, 2.45) is 5.92 Å². The van der Waals surface area contributed by atoms with E-state index in [1.165, 1.54) is 0 Å². The molecule has 0 amide bonds. The highest BCUT2D eigenvalue weighted by molar-refractivity contribution is 5.35. The second-order valence-electron chi connectivity index (χ2n) is 4.90. The monoisotopic (exact) mass is 235 g/mol. The van der Waals surface area contributed by atoms with E-state index in [9.17, 15) is 5.11 Å². The Kier molecular flexibility index (Phi) is 4.02. The maximum absolute atomic E-state index is 10.0. The van der Waals surface area contributed by atoms with Gasteiger partial charge in [0.15, 0.2) is 0 Å². The van der Waals surface area contributed by atoms with Gasteiger partial charge < -0.3 is 9.84 Å². The summed E-state index contributed by atoms with van der Waals surface area (Å²) < 4.78 is 5.39. The van der Waals surface area contributed by atoms with E-state index in [1.807, 2.05) is 18.2 Å². The standard InChI is InChI=1S/C14H21NO2/c1-11(2)14(15-7-9-17-10-8-15)12-5-3-4-6-13(12)16/h3-6,11,14,16H,7-10H2,1-2H3. The largest absolute Gasteiger partial charge is 0.508 e. The van der Waals surface area contributed by atoms with Crippen LogP contribution in [0.1, 0.15) is 25.5 Å². The number of hydrogen-bond acceptors (Lipinski definition) is 3. The van der Waals surface area contributed by atoms with Gasteiger partial charge in [0.1, 0.15) is 5.75 Å². The first-order valence-corrected chi connectivity index (χ1v) is 6.30. The lowest BCUT2D eigenvalue weighted by Crippen LogP contribution is -2.41. The molecule has 94 valence electrons. The predicted molar refractivity (Wildman–Crippen MR) is 68.1 cm³/mol. The average molecular weight is 235 g/mol. The summed E-state index contributed by atoms with van der Waals surface area (Å²) in [6, 6.07) is 7.93. The number of aromatic hydroxyl groups is 1. The fourth-order valence-corrected chi connectivity index (χ4v) is 2.57. The van der Waals surface area contributed by atoms with Crippen LogP contribution in [0.4, 0.5) is 0 Å². The van der Waals surface area contributed by atoms with Gasteiger partial charge in [-0.3, -0.25) is 4.90 Å². The van der Waals surface area contributed by atoms with Gasteiger partial charge in [0, 0.05) is 24.7 Å². The Bertz CT molecular complexity index is 359. The van der Waals surface area contributed by atoms with E-state index in [0.29, 0.717) is 11.7 Å². The molecule has 1 aliphatic heterocycles. The molecule has 17 heavy (non-hydrogen) atoms. The van der Waals surface area contributed by atoms with Gasteiger partial charge in [-0.2, -0.15) is 0 Å². The minimum atomic E-state index is 0.278. The van der Waals surface area contributed by atoms with Gasteiger partial charge in [-0.25, -0.2) is 0 Å². The lowest BCUT2D eigenvalue weighted by molar-refractivity contribution is 0.00509. The Morgan fingerprint density at radius 2 is 1.82 bits per heavy atom. The van der Waals surface area contributed by atoms with Crippen molar-refractivity contribution in [3.63, 3.8) is 0 Å². The lowest BCUT2D eigenvalue weighted by atomic mass is 9.93. The first kappa shape index (κ1) is 12.4. The van der Waals surface area contributed by atoms with Gasteiger partial charge in [0.2, 0.25) is 0 Å². The number of hydrogen-bond donors (Lipinski definition) is 1. The number of rotatable bonds is 3. The quantitative estimate of drug-likeness (QED) is 0.873. The van der Waals surface area contributed by atoms with Crippen LogP contribution in [0, 0.1) is 5.92 Å². The molecule has 1 aliphatic rings. The van der Waals surface area contributed by atoms with Crippen molar-refractivity contribution < 1.29 is 9.84 Å². The summed E-state index contributed by atoms with van der Waals surface area (Å²) >= 11 is 0. The number of benzene rings is 1. The number of ether oxygens (including phenoxy) is 1. The zero-order valence-electron chi connectivity index (χ0n) is 10.6. The molecule has 1 atom stereocenters. The molecule has 0 radical (unpaired) electrons. The summed E-state index contributed by atoms with van der Waals surface area (Å²) in [6.45, 7) is 7.86. The van der Waals surface area contributed by atoms with Crippen molar-refractivity contribution >= 4 is 0 Å². The van der Waals surface area contributed by atoms with Crippen molar-refractivity contribution in [3.8, 4) is 5.75 Å². The van der Waals surface area contributed by atoms with E-state index >= 15 is 0 Å². The van der Waals surface area contributed by atoms with Crippen LogP contribution in [-0.4, -0.2) is 36.3 Å². The Morgan fingerprint density at radius 3 is 2.41 bits per heavy atom. The van der Waals surface area contributed by atoms with Crippen molar-refractivity contribution in [1.29, 1.82) is 0 Å². The van der Waals surface area contributed by atoms with Crippen molar-refractivity contribution in [1.82, 2.24) is 4.90 Å². The normalized spacial score (nSPS) is 19.5. The molecular formula is C14H21NO2. The van der Waals surface area contributed by atoms with Crippen LogP contribution >= 0.6 is 0 Å². The maximum atomic E-state index is 10.0. The first-order chi connectivity index (χ1) is 8.20. The summed E-state index contributed by atoms with van der Waals surface area (Å²) in [5.74, 6) is 0.874. The number of phenols is 1. The molecule has 0 aromatic heterocycles. The first-order valence-electron chi connectivity index (χ1n) is 6.30. The van der Waals surface area contributed by atoms with Crippen molar-refractivity contribution in [2.45, 2.75) is 19.9 Å². The zero-order chi connectivity index (χ0) is 12.3. The van der Waals surface area contributed by atoms with Gasteiger partial charge in [0.25, 0.3) is 0 Å². The molecule has 1 aromatic carbocycles. The van der Waals surface area contributed by atoms with Crippen LogP contribution in [0.3, 0.4) is 0 Å². The van der Waals surface area contributed by atoms with E-state index in [-0.39, 0.29) is 6.04 Å². The number of phenolic OH excluding ortho intramolecular Hbond substituents is 1. The van der Waals surface area contributed by atoms with Gasteiger partial charge >= 0.3 is 0 Å². The molecule has 3 heteroatoms. The molecule has 3 nitrogen and oxygen atoms in total. The fraction of sp³-hybridized carbons (Fsp3) is 0.571. The van der Waals surface area contributed by atoms with Gasteiger partial charge in [-0.1, -0.05) is 32.0 Å². The molecule has 0 bridgehead atoms. The minimum Gasteiger partial charge on any atom is -0.508 e. The Labute approximate surface area is 103 Å². The summed E-state index contributed by atoms with van der Waals surface area (Å²) in [7, 11) is 0. The van der Waals surface area contributed by atoms with Gasteiger partial charge in [-0.05, 0) is 12.0 Å². The topological polar surface area (TPSA) is 32.7 Å². The molecule has 1 unspecified atom stereocenters. The molecular weight excluding hydrogens is 214 g/mol. The summed E-state index contributed by atoms with van der Waals surface area (Å²) in [5.41, 5.74) is 1.03. The van der Waals surface area contributed by atoms with Crippen LogP contribution in [0.15, 0.2) is 24.3 Å². The second kappa shape index (κ2) is 5.52. The average Bonchev–Trinajstić information content (AvgIpc) is 2.33. The van der Waals surface area contributed by atoms with E-state index in [4.69, 9.17) is 4.74 Å². The van der Waals surface area contributed by atoms with Crippen LogP contribution in [0.2, 0.25) is 0 Å². The lowest BCUT2D eigenvalue weighted by Gasteiger charge is -2.37. The SMILES string of the molecule is CC(C)C(c1ccccc1O)N1CCOCC1. The van der Waals surface area contributed by atoms with Crippen LogP contribution in [0.25, 0.3) is 0 Å². The smallest absolute Gasteiger partial charge is 0.120 e. The highest BCUT2D eigenvalue weighted by Gasteiger charge is 2.26. The summed E-state index contributed by atoms with van der Waals surface area (Å²) in [5, 5.41) is 10.0. The highest BCUT2D eigenvalue weighted by Crippen LogP contribution is 2.34. The molecule has 0 spiro atoms. The summed E-state index contributed by atoms with van der Waals surface area (Å²) in [6.07, 6.45) is 0. The number of morpholine rings is 1. The Hall–Kier alpha value is -1.06. The summed E-state index contributed by atoms with van der Waals surface area (Å²) in [4.78, 5) is 2.41. The van der Waals surface area contributed by atoms with E-state index in [1.54, 1.807) is 6.07 Å². The van der Waals surface area contributed by atoms with Crippen molar-refractivity contribution in [2.75, 3.05) is 26.3 Å². The molecule has 1 N–H and O–H groups in total. The third-order valence-electron chi connectivity index (χ3n) is 3.33. The third kappa shape index (κ3) is 2.79. The maximum Gasteiger partial charge on any atom is 0.120 e. The molecule has 1 heterocycles.